The Morgan fingerprint density at radius 2 is 2.00 bits per heavy atom. The number of aliphatic hydroxyl groups is 3. The van der Waals surface area contributed by atoms with E-state index in [1.54, 1.807) is 0 Å². The zero-order chi connectivity index (χ0) is 12.3. The number of carbonyl (C=O) groups is 1. The second-order valence-corrected chi connectivity index (χ2v) is 3.35. The highest BCUT2D eigenvalue weighted by Gasteiger charge is 2.19. The summed E-state index contributed by atoms with van der Waals surface area (Å²) >= 11 is 0. The van der Waals surface area contributed by atoms with E-state index >= 15 is 0 Å². The van der Waals surface area contributed by atoms with Crippen molar-refractivity contribution in [3.05, 3.63) is 29.3 Å². The lowest BCUT2D eigenvalue weighted by atomic mass is 10.0. The summed E-state index contributed by atoms with van der Waals surface area (Å²) in [4.78, 5) is 10.7. The predicted molar refractivity (Wildman–Crippen MR) is 55.9 cm³/mol. The summed E-state index contributed by atoms with van der Waals surface area (Å²) in [6.07, 6.45) is -2.62. The second kappa shape index (κ2) is 4.93. The van der Waals surface area contributed by atoms with Crippen molar-refractivity contribution in [3.63, 3.8) is 0 Å². The van der Waals surface area contributed by atoms with Gasteiger partial charge in [-0.3, -0.25) is 0 Å². The van der Waals surface area contributed by atoms with Crippen LogP contribution in [0, 0.1) is 0 Å². The zero-order valence-electron chi connectivity index (χ0n) is 8.37. The van der Waals surface area contributed by atoms with Crippen molar-refractivity contribution < 1.29 is 25.2 Å². The molecule has 6 N–H and O–H groups in total. The van der Waals surface area contributed by atoms with E-state index in [1.165, 1.54) is 18.2 Å². The molecule has 1 rings (SSSR count). The van der Waals surface area contributed by atoms with Crippen LogP contribution in [0.15, 0.2) is 18.2 Å². The van der Waals surface area contributed by atoms with Gasteiger partial charge in [-0.05, 0) is 17.7 Å². The van der Waals surface area contributed by atoms with Crippen LogP contribution in [-0.2, 0) is 0 Å². The number of nitrogens with two attached hydrogens (primary N) is 1. The van der Waals surface area contributed by atoms with Crippen LogP contribution in [0.1, 0.15) is 22.0 Å². The van der Waals surface area contributed by atoms with E-state index in [1.807, 2.05) is 0 Å². The number of hydrogen-bond donors (Lipinski definition) is 5. The van der Waals surface area contributed by atoms with Crippen LogP contribution >= 0.6 is 0 Å². The first-order chi connectivity index (χ1) is 7.47. The topological polar surface area (TPSA) is 124 Å². The van der Waals surface area contributed by atoms with Gasteiger partial charge >= 0.3 is 5.97 Å². The lowest BCUT2D eigenvalue weighted by molar-refractivity contribution is -0.0152. The van der Waals surface area contributed by atoms with Crippen LogP contribution in [0.2, 0.25) is 0 Å². The van der Waals surface area contributed by atoms with Gasteiger partial charge in [0.2, 0.25) is 0 Å². The molecule has 2 unspecified atom stereocenters. The number of aliphatic hydroxyl groups excluding tert-OH is 3. The Bertz CT molecular complexity index is 393. The number of hydrogen-bond acceptors (Lipinski definition) is 5. The minimum Gasteiger partial charge on any atom is -0.478 e. The molecule has 0 radical (unpaired) electrons. The minimum atomic E-state index is -1.32. The molecule has 0 amide bonds. The number of carboxylic acids is 1. The Hall–Kier alpha value is -1.63. The molecular weight excluding hydrogens is 214 g/mol. The van der Waals surface area contributed by atoms with Crippen LogP contribution in [0.4, 0.5) is 5.69 Å². The molecule has 88 valence electrons. The van der Waals surface area contributed by atoms with Crippen LogP contribution < -0.4 is 5.73 Å². The fraction of sp³-hybridized carbons (Fsp3) is 0.300. The molecule has 1 aromatic rings. The van der Waals surface area contributed by atoms with Crippen LogP contribution in [0.25, 0.3) is 0 Å². The average Bonchev–Trinajstić information content (AvgIpc) is 2.26. The SMILES string of the molecule is Nc1cc(C(O)C(O)CO)ccc1C(=O)O. The van der Waals surface area contributed by atoms with E-state index in [0.29, 0.717) is 0 Å². The van der Waals surface area contributed by atoms with Gasteiger partial charge in [0.05, 0.1) is 12.2 Å². The molecule has 0 aliphatic carbocycles. The summed E-state index contributed by atoms with van der Waals surface area (Å²) in [5.41, 5.74) is 5.64. The highest BCUT2D eigenvalue weighted by atomic mass is 16.4. The third-order valence-corrected chi connectivity index (χ3v) is 2.20. The molecule has 0 spiro atoms. The molecule has 0 fully saturated rings. The quantitative estimate of drug-likeness (QED) is 0.435. The lowest BCUT2D eigenvalue weighted by Crippen LogP contribution is -2.22. The lowest BCUT2D eigenvalue weighted by Gasteiger charge is -2.16. The van der Waals surface area contributed by atoms with E-state index in [4.69, 9.17) is 15.9 Å². The van der Waals surface area contributed by atoms with Gasteiger partial charge in [-0.1, -0.05) is 6.07 Å². The molecule has 0 aromatic heterocycles. The van der Waals surface area contributed by atoms with Gasteiger partial charge in [-0.15, -0.1) is 0 Å². The number of carboxylic acid groups (broad SMARTS) is 1. The molecule has 0 heterocycles. The first-order valence-electron chi connectivity index (χ1n) is 4.57. The first kappa shape index (κ1) is 12.4. The monoisotopic (exact) mass is 227 g/mol. The van der Waals surface area contributed by atoms with Crippen LogP contribution in [0.3, 0.4) is 0 Å². The van der Waals surface area contributed by atoms with Gasteiger partial charge in [0.1, 0.15) is 12.2 Å². The molecule has 0 saturated carbocycles. The highest BCUT2D eigenvalue weighted by molar-refractivity contribution is 5.93. The Morgan fingerprint density at radius 3 is 2.44 bits per heavy atom. The van der Waals surface area contributed by atoms with Crippen molar-refractivity contribution in [3.8, 4) is 0 Å². The zero-order valence-corrected chi connectivity index (χ0v) is 8.37. The maximum atomic E-state index is 10.7. The summed E-state index contributed by atoms with van der Waals surface area (Å²) in [7, 11) is 0. The standard InChI is InChI=1S/C10H13NO5/c11-7-3-5(9(14)8(13)4-12)1-2-6(7)10(15)16/h1-3,8-9,12-14H,4,11H2,(H,15,16). The third kappa shape index (κ3) is 2.48. The summed E-state index contributed by atoms with van der Waals surface area (Å²) in [5.74, 6) is -1.17. The van der Waals surface area contributed by atoms with Crippen molar-refractivity contribution in [2.45, 2.75) is 12.2 Å². The second-order valence-electron chi connectivity index (χ2n) is 3.35. The van der Waals surface area contributed by atoms with Crippen molar-refractivity contribution in [2.24, 2.45) is 0 Å². The fourth-order valence-corrected chi connectivity index (χ4v) is 1.28. The molecule has 6 nitrogen and oxygen atoms in total. The van der Waals surface area contributed by atoms with Crippen molar-refractivity contribution in [1.82, 2.24) is 0 Å². The molecule has 0 aliphatic rings. The molecule has 16 heavy (non-hydrogen) atoms. The van der Waals surface area contributed by atoms with E-state index < -0.39 is 24.8 Å². The fourth-order valence-electron chi connectivity index (χ4n) is 1.28. The highest BCUT2D eigenvalue weighted by Crippen LogP contribution is 2.22. The molecule has 0 bridgehead atoms. The van der Waals surface area contributed by atoms with E-state index in [-0.39, 0.29) is 16.8 Å². The average molecular weight is 227 g/mol. The van der Waals surface area contributed by atoms with E-state index in [9.17, 15) is 15.0 Å². The first-order valence-corrected chi connectivity index (χ1v) is 4.57. The number of anilines is 1. The summed E-state index contributed by atoms with van der Waals surface area (Å²) in [5, 5.41) is 36.1. The van der Waals surface area contributed by atoms with E-state index in [0.717, 1.165) is 0 Å². The van der Waals surface area contributed by atoms with Gasteiger partial charge in [-0.2, -0.15) is 0 Å². The molecule has 2 atom stereocenters. The van der Waals surface area contributed by atoms with Gasteiger partial charge in [-0.25, -0.2) is 4.79 Å². The number of benzene rings is 1. The summed E-state index contributed by atoms with van der Waals surface area (Å²) < 4.78 is 0. The largest absolute Gasteiger partial charge is 0.478 e. The van der Waals surface area contributed by atoms with Crippen molar-refractivity contribution in [1.29, 1.82) is 0 Å². The van der Waals surface area contributed by atoms with Gasteiger partial charge in [0, 0.05) is 5.69 Å². The normalized spacial score (nSPS) is 14.4. The molecule has 0 saturated heterocycles. The molecular formula is C10H13NO5. The predicted octanol–water partition coefficient (Wildman–Crippen LogP) is -0.646. The number of rotatable bonds is 4. The van der Waals surface area contributed by atoms with E-state index in [2.05, 4.69) is 0 Å². The number of nitrogen functional groups attached to an aromatic ring is 1. The van der Waals surface area contributed by atoms with Crippen molar-refractivity contribution >= 4 is 11.7 Å². The van der Waals surface area contributed by atoms with Crippen LogP contribution in [-0.4, -0.2) is 39.1 Å². The molecule has 0 aliphatic heterocycles. The maximum Gasteiger partial charge on any atom is 0.337 e. The Morgan fingerprint density at radius 1 is 1.38 bits per heavy atom. The minimum absolute atomic E-state index is 0.00538. The summed E-state index contributed by atoms with van der Waals surface area (Å²) in [6, 6.07) is 3.83. The van der Waals surface area contributed by atoms with Gasteiger partial charge < -0.3 is 26.2 Å². The Kier molecular flexibility index (Phi) is 3.83. The number of aromatic carboxylic acids is 1. The smallest absolute Gasteiger partial charge is 0.337 e. The third-order valence-electron chi connectivity index (χ3n) is 2.20. The van der Waals surface area contributed by atoms with Gasteiger partial charge in [0.25, 0.3) is 0 Å². The van der Waals surface area contributed by atoms with Gasteiger partial charge in [0.15, 0.2) is 0 Å². The van der Waals surface area contributed by atoms with Crippen LogP contribution in [0.5, 0.6) is 0 Å². The maximum absolute atomic E-state index is 10.7. The van der Waals surface area contributed by atoms with Crippen molar-refractivity contribution in [2.75, 3.05) is 12.3 Å². The Labute approximate surface area is 91.6 Å². The molecule has 6 heteroatoms. The molecule has 1 aromatic carbocycles. The Balaban J connectivity index is 3.01. The summed E-state index contributed by atoms with van der Waals surface area (Å²) in [6.45, 7) is -0.595.